The van der Waals surface area contributed by atoms with Gasteiger partial charge in [0, 0.05) is 48.3 Å². The number of benzene rings is 3. The van der Waals surface area contributed by atoms with Crippen molar-refractivity contribution in [2.75, 3.05) is 11.6 Å². The molecule has 0 aliphatic rings. The van der Waals surface area contributed by atoms with E-state index in [4.69, 9.17) is 17.2 Å². The number of nitrogens with two attached hydrogens (primary N) is 3. The number of hydrogen-bond acceptors (Lipinski definition) is 9. The lowest BCUT2D eigenvalue weighted by atomic mass is 10.0. The van der Waals surface area contributed by atoms with Gasteiger partial charge in [0.25, 0.3) is 5.91 Å². The largest absolute Gasteiger partial charge is 0.368 e. The van der Waals surface area contributed by atoms with E-state index in [2.05, 4.69) is 41.6 Å². The molecule has 322 valence electrons. The number of aromatic nitrogens is 3. The molecule has 5 atom stereocenters. The summed E-state index contributed by atoms with van der Waals surface area (Å²) in [6.45, 7) is 3.68. The summed E-state index contributed by atoms with van der Waals surface area (Å²) in [5.74, 6) is -3.48. The lowest BCUT2D eigenvalue weighted by Gasteiger charge is -2.29. The summed E-state index contributed by atoms with van der Waals surface area (Å²) in [6.07, 6.45) is 6.40. The molecule has 2 aromatic heterocycles. The van der Waals surface area contributed by atoms with E-state index >= 15 is 0 Å². The van der Waals surface area contributed by atoms with E-state index in [0.29, 0.717) is 30.6 Å². The molecule has 3 aromatic carbocycles. The van der Waals surface area contributed by atoms with Crippen molar-refractivity contribution < 1.29 is 28.8 Å². The lowest BCUT2D eigenvalue weighted by Crippen LogP contribution is -2.61. The number of primary amides is 1. The molecule has 0 aliphatic carbocycles. The van der Waals surface area contributed by atoms with Gasteiger partial charge in [-0.05, 0) is 69.0 Å². The molecular formula is C43H54N12O6. The quantitative estimate of drug-likeness (QED) is 0.0399. The highest BCUT2D eigenvalue weighted by Gasteiger charge is 2.32. The fraction of sp³-hybridized carbons (Fsp3) is 0.326. The lowest BCUT2D eigenvalue weighted by molar-refractivity contribution is -0.132. The van der Waals surface area contributed by atoms with E-state index < -0.39 is 65.8 Å². The van der Waals surface area contributed by atoms with E-state index in [1.54, 1.807) is 60.9 Å². The van der Waals surface area contributed by atoms with Crippen LogP contribution in [-0.2, 0) is 43.2 Å². The highest BCUT2D eigenvalue weighted by Crippen LogP contribution is 2.20. The normalized spacial score (nSPS) is 13.5. The number of carbonyl (C=O) groups excluding carboxylic acids is 6. The second-order valence-electron chi connectivity index (χ2n) is 14.8. The minimum atomic E-state index is -1.25. The number of H-pyrrole nitrogens is 2. The number of rotatable bonds is 20. The summed E-state index contributed by atoms with van der Waals surface area (Å²) in [5, 5.41) is 12.6. The third-order valence-corrected chi connectivity index (χ3v) is 10.0. The topological polar surface area (TPSA) is 288 Å². The van der Waals surface area contributed by atoms with Crippen molar-refractivity contribution in [3.05, 3.63) is 120 Å². The molecule has 0 saturated heterocycles. The molecule has 61 heavy (non-hydrogen) atoms. The average molecular weight is 835 g/mol. The fourth-order valence-electron chi connectivity index (χ4n) is 6.57. The first-order chi connectivity index (χ1) is 29.3. The Labute approximate surface area is 353 Å². The molecular weight excluding hydrogens is 781 g/mol. The Morgan fingerprint density at radius 2 is 1.41 bits per heavy atom. The van der Waals surface area contributed by atoms with Crippen LogP contribution in [-0.4, -0.2) is 87.3 Å². The first kappa shape index (κ1) is 45.0. The minimum Gasteiger partial charge on any atom is -0.368 e. The number of fused-ring (bicyclic) bond motifs is 1. The highest BCUT2D eigenvalue weighted by molar-refractivity contribution is 6.00. The van der Waals surface area contributed by atoms with Gasteiger partial charge in [-0.15, -0.1) is 0 Å². The van der Waals surface area contributed by atoms with Gasteiger partial charge >= 0.3 is 6.03 Å². The van der Waals surface area contributed by atoms with Crippen molar-refractivity contribution in [3.63, 3.8) is 0 Å². The number of para-hydroxylation sites is 1. The number of amides is 7. The monoisotopic (exact) mass is 834 g/mol. The summed E-state index contributed by atoms with van der Waals surface area (Å²) in [4.78, 5) is 91.6. The maximum atomic E-state index is 14.2. The van der Waals surface area contributed by atoms with Crippen molar-refractivity contribution >= 4 is 52.2 Å². The second-order valence-corrected chi connectivity index (χ2v) is 14.8. The first-order valence-corrected chi connectivity index (χ1v) is 20.0. The van der Waals surface area contributed by atoms with Gasteiger partial charge in [0.05, 0.1) is 18.1 Å². The maximum Gasteiger partial charge on any atom is 0.341 e. The van der Waals surface area contributed by atoms with E-state index in [9.17, 15) is 28.8 Å². The fourth-order valence-corrected chi connectivity index (χ4v) is 6.57. The van der Waals surface area contributed by atoms with Crippen LogP contribution in [0.1, 0.15) is 48.6 Å². The van der Waals surface area contributed by atoms with Crippen LogP contribution in [0.5, 0.6) is 0 Å². The molecule has 18 heteroatoms. The minimum absolute atomic E-state index is 0.0317. The molecule has 5 rings (SSSR count). The molecule has 0 saturated carbocycles. The Kier molecular flexibility index (Phi) is 16.1. The number of carbonyl (C=O) groups is 6. The van der Waals surface area contributed by atoms with Gasteiger partial charge in [0.15, 0.2) is 0 Å². The molecule has 0 radical (unpaired) electrons. The zero-order chi connectivity index (χ0) is 43.9. The van der Waals surface area contributed by atoms with Gasteiger partial charge in [0.1, 0.15) is 24.2 Å². The predicted molar refractivity (Wildman–Crippen MR) is 230 cm³/mol. The standard InChI is InChI=1S/C43H54N12O6/c1-26-15-17-31(18-16-26)55(43(61)53-36(20-28-10-4-3-5-11-28)42(60)51-35(38(46)56)14-8-9-19-44)54-39(57)27(2)50-41(59)37(21-29-23-48-34-13-7-6-12-32(29)34)52-40(58)33(45)22-30-24-47-25-49-30/h3-7,10-13,15-18,23-25,27,33,35-37,48H,8-9,14,19-22,44-45H2,1-2H3,(H2,46,56)(H,47,49)(H,50,59)(H,51,60)(H,52,58)(H,53,61)(H,54,57)/t27-,33-,35-,36+,37+/m0/s1. The Hall–Kier alpha value is -7.05. The Bertz CT molecular complexity index is 2250. The van der Waals surface area contributed by atoms with Gasteiger partial charge in [0.2, 0.25) is 23.6 Å². The van der Waals surface area contributed by atoms with Crippen molar-refractivity contribution in [2.45, 2.75) is 82.6 Å². The van der Waals surface area contributed by atoms with Crippen LogP contribution < -0.4 is 48.9 Å². The molecule has 0 spiro atoms. The number of hydrazine groups is 1. The van der Waals surface area contributed by atoms with Crippen molar-refractivity contribution in [2.24, 2.45) is 17.2 Å². The molecule has 2 heterocycles. The van der Waals surface area contributed by atoms with Gasteiger partial charge < -0.3 is 48.4 Å². The van der Waals surface area contributed by atoms with Crippen LogP contribution in [0.4, 0.5) is 10.5 Å². The van der Waals surface area contributed by atoms with Gasteiger partial charge in [-0.25, -0.2) is 14.8 Å². The highest BCUT2D eigenvalue weighted by atomic mass is 16.2. The second kappa shape index (κ2) is 21.8. The maximum absolute atomic E-state index is 14.2. The van der Waals surface area contributed by atoms with Crippen molar-refractivity contribution in [1.82, 2.24) is 41.6 Å². The van der Waals surface area contributed by atoms with Crippen molar-refractivity contribution in [1.29, 1.82) is 0 Å². The SMILES string of the molecule is Cc1ccc(N(NC(=O)[C@H](C)NC(=O)[C@@H](Cc2c[nH]c3ccccc23)NC(=O)[C@@H](N)Cc2cnc[nH]2)C(=O)N[C@H](Cc2ccccc2)C(=O)N[C@@H](CCCCN)C(N)=O)cc1. The number of nitrogens with one attached hydrogen (secondary N) is 7. The number of aryl methyl sites for hydroxylation is 1. The van der Waals surface area contributed by atoms with Crippen molar-refractivity contribution in [3.8, 4) is 0 Å². The number of hydrogen-bond donors (Lipinski definition) is 10. The van der Waals surface area contributed by atoms with Crippen LogP contribution in [0.15, 0.2) is 97.6 Å². The zero-order valence-electron chi connectivity index (χ0n) is 34.2. The van der Waals surface area contributed by atoms with Crippen LogP contribution in [0.25, 0.3) is 10.9 Å². The number of imidazole rings is 1. The third kappa shape index (κ3) is 13.0. The summed E-state index contributed by atoms with van der Waals surface area (Å²) in [7, 11) is 0. The molecule has 7 amide bonds. The van der Waals surface area contributed by atoms with Gasteiger partial charge in [-0.1, -0.05) is 66.2 Å². The first-order valence-electron chi connectivity index (χ1n) is 20.0. The Balaban J connectivity index is 1.34. The smallest absolute Gasteiger partial charge is 0.341 e. The summed E-state index contributed by atoms with van der Waals surface area (Å²) in [6, 6.07) is 16.5. The molecule has 18 nitrogen and oxygen atoms in total. The molecule has 0 unspecified atom stereocenters. The average Bonchev–Trinajstić information content (AvgIpc) is 3.92. The van der Waals surface area contributed by atoms with Crippen LogP contribution in [0.3, 0.4) is 0 Å². The Morgan fingerprint density at radius 1 is 0.738 bits per heavy atom. The van der Waals surface area contributed by atoms with E-state index in [1.165, 1.54) is 13.3 Å². The number of urea groups is 1. The number of nitrogens with zero attached hydrogens (tertiary/aromatic N) is 2. The molecule has 0 bridgehead atoms. The van der Waals surface area contributed by atoms with Gasteiger partial charge in [-0.3, -0.25) is 29.4 Å². The van der Waals surface area contributed by atoms with Crippen LogP contribution in [0.2, 0.25) is 0 Å². The molecule has 5 aromatic rings. The summed E-state index contributed by atoms with van der Waals surface area (Å²) in [5.41, 5.74) is 24.1. The van der Waals surface area contributed by atoms with Crippen LogP contribution >= 0.6 is 0 Å². The van der Waals surface area contributed by atoms with E-state index in [-0.39, 0.29) is 31.4 Å². The van der Waals surface area contributed by atoms with Crippen LogP contribution in [0, 0.1) is 6.92 Å². The predicted octanol–water partition coefficient (Wildman–Crippen LogP) is 1.26. The van der Waals surface area contributed by atoms with E-state index in [1.807, 2.05) is 37.3 Å². The van der Waals surface area contributed by atoms with Gasteiger partial charge in [-0.2, -0.15) is 0 Å². The molecule has 0 fully saturated rings. The number of unbranched alkanes of at least 4 members (excludes halogenated alkanes) is 1. The zero-order valence-corrected chi connectivity index (χ0v) is 34.2. The summed E-state index contributed by atoms with van der Waals surface area (Å²) >= 11 is 0. The molecule has 0 aliphatic heterocycles. The number of anilines is 1. The van der Waals surface area contributed by atoms with E-state index in [0.717, 1.165) is 27.0 Å². The number of aromatic amines is 2. The summed E-state index contributed by atoms with van der Waals surface area (Å²) < 4.78 is 0. The Morgan fingerprint density at radius 3 is 2.10 bits per heavy atom. The molecule has 13 N–H and O–H groups in total. The third-order valence-electron chi connectivity index (χ3n) is 10.0.